The number of nitrogens with one attached hydrogen (secondary N) is 2. The second-order valence-electron chi connectivity index (χ2n) is 7.02. The average molecular weight is 492 g/mol. The maximum absolute atomic E-state index is 14.1. The smallest absolute Gasteiger partial charge is 0.281 e. The molecule has 0 fully saturated rings. The average Bonchev–Trinajstić information content (AvgIpc) is 3.22. The summed E-state index contributed by atoms with van der Waals surface area (Å²) in [5, 5.41) is 2.53. The van der Waals surface area contributed by atoms with E-state index in [1.807, 2.05) is 0 Å². The lowest BCUT2D eigenvalue weighted by atomic mass is 10.1. The van der Waals surface area contributed by atoms with Gasteiger partial charge in [0.25, 0.3) is 15.9 Å². The van der Waals surface area contributed by atoms with Gasteiger partial charge >= 0.3 is 0 Å². The fourth-order valence-corrected chi connectivity index (χ4v) is 5.18. The van der Waals surface area contributed by atoms with E-state index >= 15 is 0 Å². The first kappa shape index (κ1) is 22.8. The molecule has 3 aromatic carbocycles. The summed E-state index contributed by atoms with van der Waals surface area (Å²) in [6.45, 7) is 0.250. The number of benzene rings is 3. The number of ether oxygens (including phenoxy) is 2. The summed E-state index contributed by atoms with van der Waals surface area (Å²) >= 11 is 5.97. The van der Waals surface area contributed by atoms with E-state index in [9.17, 15) is 17.6 Å². The van der Waals surface area contributed by atoms with Gasteiger partial charge in [-0.3, -0.25) is 4.79 Å². The normalized spacial score (nSPS) is 12.9. The molecule has 0 bridgehead atoms. The van der Waals surface area contributed by atoms with Crippen LogP contribution < -0.4 is 24.6 Å². The summed E-state index contributed by atoms with van der Waals surface area (Å²) < 4.78 is 52.3. The van der Waals surface area contributed by atoms with Gasteiger partial charge in [-0.25, -0.2) is 9.82 Å². The number of fused-ring (bicyclic) bond motifs is 1. The van der Waals surface area contributed by atoms with E-state index in [1.54, 1.807) is 12.1 Å². The number of amides is 1. The Labute approximate surface area is 194 Å². The summed E-state index contributed by atoms with van der Waals surface area (Å²) in [5.74, 6) is -0.963. The van der Waals surface area contributed by atoms with Gasteiger partial charge in [-0.05, 0) is 42.0 Å². The van der Waals surface area contributed by atoms with Crippen molar-refractivity contribution in [3.8, 4) is 11.5 Å². The Morgan fingerprint density at radius 3 is 2.61 bits per heavy atom. The molecule has 8 nitrogen and oxygen atoms in total. The largest absolute Gasteiger partial charge is 0.497 e. The van der Waals surface area contributed by atoms with E-state index in [4.69, 9.17) is 21.1 Å². The van der Waals surface area contributed by atoms with Crippen LogP contribution in [0.5, 0.6) is 11.5 Å². The van der Waals surface area contributed by atoms with Crippen molar-refractivity contribution in [2.75, 3.05) is 24.0 Å². The molecule has 11 heteroatoms. The Balaban J connectivity index is 1.68. The third-order valence-electron chi connectivity index (χ3n) is 5.05. The zero-order valence-corrected chi connectivity index (χ0v) is 19.1. The van der Waals surface area contributed by atoms with Gasteiger partial charge in [0.15, 0.2) is 0 Å². The number of methoxy groups -OCH3 is 2. The Morgan fingerprint density at radius 1 is 1.12 bits per heavy atom. The molecule has 0 atom stereocenters. The Morgan fingerprint density at radius 2 is 1.91 bits per heavy atom. The summed E-state index contributed by atoms with van der Waals surface area (Å²) in [6, 6.07) is 13.0. The fraction of sp³-hybridized carbons (Fsp3) is 0.136. The first-order valence-corrected chi connectivity index (χ1v) is 11.5. The molecule has 33 heavy (non-hydrogen) atoms. The minimum atomic E-state index is -4.08. The minimum absolute atomic E-state index is 0.0360. The lowest BCUT2D eigenvalue weighted by molar-refractivity contribution is 0.102. The maximum atomic E-state index is 14.1. The molecule has 0 aliphatic carbocycles. The van der Waals surface area contributed by atoms with Crippen molar-refractivity contribution < 1.29 is 27.1 Å². The molecule has 0 aromatic heterocycles. The van der Waals surface area contributed by atoms with E-state index in [0.29, 0.717) is 17.0 Å². The number of hydrazine groups is 1. The molecule has 172 valence electrons. The monoisotopic (exact) mass is 491 g/mol. The lowest BCUT2D eigenvalue weighted by Crippen LogP contribution is -2.38. The lowest BCUT2D eigenvalue weighted by Gasteiger charge is -2.21. The highest BCUT2D eigenvalue weighted by Gasteiger charge is 2.33. The third-order valence-corrected chi connectivity index (χ3v) is 7.07. The molecule has 0 radical (unpaired) electrons. The van der Waals surface area contributed by atoms with E-state index in [0.717, 1.165) is 10.5 Å². The summed E-state index contributed by atoms with van der Waals surface area (Å²) in [4.78, 5) is 12.5. The topological polar surface area (TPSA) is 97.0 Å². The Hall–Kier alpha value is -3.34. The number of halogens is 2. The van der Waals surface area contributed by atoms with Crippen LogP contribution in [-0.2, 0) is 16.6 Å². The maximum Gasteiger partial charge on any atom is 0.281 e. The molecule has 0 saturated heterocycles. The quantitative estimate of drug-likeness (QED) is 0.541. The summed E-state index contributed by atoms with van der Waals surface area (Å²) in [5.41, 5.74) is 3.80. The summed E-state index contributed by atoms with van der Waals surface area (Å²) in [6.07, 6.45) is 0. The zero-order chi connectivity index (χ0) is 23.8. The number of hydrogen-bond donors (Lipinski definition) is 2. The van der Waals surface area contributed by atoms with Gasteiger partial charge in [0.1, 0.15) is 22.2 Å². The summed E-state index contributed by atoms with van der Waals surface area (Å²) in [7, 11) is -1.26. The second kappa shape index (κ2) is 8.89. The number of sulfonamides is 1. The van der Waals surface area contributed by atoms with Crippen LogP contribution in [0.3, 0.4) is 0 Å². The number of carbonyl (C=O) groups is 1. The van der Waals surface area contributed by atoms with Crippen molar-refractivity contribution in [3.63, 3.8) is 0 Å². The predicted octanol–water partition coefficient (Wildman–Crippen LogP) is 3.96. The van der Waals surface area contributed by atoms with Crippen LogP contribution in [0.4, 0.5) is 15.8 Å². The fourth-order valence-electron chi connectivity index (χ4n) is 3.43. The van der Waals surface area contributed by atoms with Gasteiger partial charge < -0.3 is 14.8 Å². The zero-order valence-electron chi connectivity index (χ0n) is 17.6. The number of hydrogen-bond acceptors (Lipinski definition) is 6. The highest BCUT2D eigenvalue weighted by atomic mass is 35.5. The minimum Gasteiger partial charge on any atom is -0.497 e. The van der Waals surface area contributed by atoms with Gasteiger partial charge in [0.2, 0.25) is 0 Å². The van der Waals surface area contributed by atoms with Crippen LogP contribution in [0.15, 0.2) is 59.5 Å². The highest BCUT2D eigenvalue weighted by Crippen LogP contribution is 2.36. The van der Waals surface area contributed by atoms with Crippen molar-refractivity contribution in [1.29, 1.82) is 0 Å². The number of anilines is 2. The first-order chi connectivity index (χ1) is 15.8. The van der Waals surface area contributed by atoms with Crippen LogP contribution in [0.2, 0.25) is 5.02 Å². The highest BCUT2D eigenvalue weighted by molar-refractivity contribution is 7.92. The van der Waals surface area contributed by atoms with Gasteiger partial charge in [0, 0.05) is 18.3 Å². The van der Waals surface area contributed by atoms with Crippen LogP contribution in [-0.4, -0.2) is 28.5 Å². The van der Waals surface area contributed by atoms with E-state index < -0.39 is 21.7 Å². The number of carbonyl (C=O) groups excluding carboxylic acids is 1. The SMILES string of the molecule is COc1ccc(S(=O)(=O)N2NCc3ccc(NC(=O)c4c(F)cccc4Cl)cc32)c(OC)c1. The van der Waals surface area contributed by atoms with Crippen molar-refractivity contribution in [3.05, 3.63) is 76.6 Å². The van der Waals surface area contributed by atoms with E-state index in [2.05, 4.69) is 10.7 Å². The third kappa shape index (κ3) is 4.20. The molecule has 2 N–H and O–H groups in total. The molecule has 0 spiro atoms. The van der Waals surface area contributed by atoms with Crippen LogP contribution in [0.25, 0.3) is 0 Å². The molecule has 1 aliphatic heterocycles. The van der Waals surface area contributed by atoms with Crippen molar-refractivity contribution in [2.45, 2.75) is 11.4 Å². The van der Waals surface area contributed by atoms with Crippen LogP contribution in [0, 0.1) is 5.82 Å². The molecule has 3 aromatic rings. The van der Waals surface area contributed by atoms with Gasteiger partial charge in [-0.15, -0.1) is 0 Å². The molecule has 1 heterocycles. The van der Waals surface area contributed by atoms with E-state index in [-0.39, 0.29) is 33.5 Å². The van der Waals surface area contributed by atoms with Gasteiger partial charge in [-0.1, -0.05) is 23.7 Å². The molecule has 4 rings (SSSR count). The number of rotatable bonds is 6. The van der Waals surface area contributed by atoms with Gasteiger partial charge in [0.05, 0.1) is 30.5 Å². The van der Waals surface area contributed by atoms with Gasteiger partial charge in [-0.2, -0.15) is 12.8 Å². The van der Waals surface area contributed by atoms with Crippen molar-refractivity contribution in [2.24, 2.45) is 0 Å². The predicted molar refractivity (Wildman–Crippen MR) is 122 cm³/mol. The Bertz CT molecular complexity index is 1330. The first-order valence-electron chi connectivity index (χ1n) is 9.65. The molecule has 0 unspecified atom stereocenters. The molecule has 1 aliphatic rings. The molecule has 1 amide bonds. The molecular formula is C22H19ClFN3O5S. The number of nitrogens with zero attached hydrogens (tertiary/aromatic N) is 1. The standard InChI is InChI=1S/C22H19ClFN3O5S/c1-31-15-8-9-20(19(11-15)32-2)33(29,30)27-18-10-14(7-6-13(18)12-25-27)26-22(28)21-16(23)4-3-5-17(21)24/h3-11,25H,12H2,1-2H3,(H,26,28). The molecular weight excluding hydrogens is 473 g/mol. The van der Waals surface area contributed by atoms with Crippen LogP contribution >= 0.6 is 11.6 Å². The Kier molecular flexibility index (Phi) is 6.15. The van der Waals surface area contributed by atoms with Crippen molar-refractivity contribution in [1.82, 2.24) is 5.43 Å². The van der Waals surface area contributed by atoms with Crippen LogP contribution in [0.1, 0.15) is 15.9 Å². The second-order valence-corrected chi connectivity index (χ2v) is 9.18. The van der Waals surface area contributed by atoms with Crippen molar-refractivity contribution >= 4 is 38.9 Å². The van der Waals surface area contributed by atoms with E-state index in [1.165, 1.54) is 50.6 Å². The molecule has 0 saturated carbocycles.